The lowest BCUT2D eigenvalue weighted by atomic mass is 9.85. The van der Waals surface area contributed by atoms with Crippen molar-refractivity contribution in [1.82, 2.24) is 62.9 Å². The highest BCUT2D eigenvalue weighted by Crippen LogP contribution is 2.50. The minimum atomic E-state index is -2.40. The molecule has 9 amide bonds. The van der Waals surface area contributed by atoms with Crippen molar-refractivity contribution in [2.75, 3.05) is 38.7 Å². The molecule has 0 spiro atoms. The maximum absolute atomic E-state index is 16.3. The number of halogens is 4. The summed E-state index contributed by atoms with van der Waals surface area (Å²) in [4.78, 5) is 150. The van der Waals surface area contributed by atoms with Gasteiger partial charge in [-0.25, -0.2) is 10.2 Å². The number of benzene rings is 6. The first-order valence-corrected chi connectivity index (χ1v) is 41.0. The Kier molecular flexibility index (Phi) is 30.0. The smallest absolute Gasteiger partial charge is 0.349 e. The van der Waals surface area contributed by atoms with Gasteiger partial charge in [0, 0.05) is 55.0 Å². The number of ether oxygens (including phenoxy) is 6. The van der Waals surface area contributed by atoms with Crippen LogP contribution in [-0.4, -0.2) is 226 Å². The summed E-state index contributed by atoms with van der Waals surface area (Å²) in [6.07, 6.45) is -18.3. The van der Waals surface area contributed by atoms with Gasteiger partial charge in [0.15, 0.2) is 23.9 Å². The first-order chi connectivity index (χ1) is 59.8. The van der Waals surface area contributed by atoms with E-state index in [0.717, 1.165) is 66.7 Å². The molecule has 0 aliphatic carbocycles. The molecular formula is C82H92Cl4N14O26. The van der Waals surface area contributed by atoms with Crippen LogP contribution in [0.2, 0.25) is 20.1 Å². The predicted octanol–water partition coefficient (Wildman–Crippen LogP) is 1.01. The standard InChI is InChI=1S/C82H92Cl4N14O26/c1-33(2)20-47(88-5)73(113)97-64-66(108)37-8-12-51(45(85)24-37)122-53-26-39-27-54(70(53)126-80-71(69(111)68(110)55(32-102)124-80)125-59-31-82(4,72(112)34(3)121-59)89-15-18-100-17-14-57(93-81(100)120)92-58(107)22-35-6-10-43(83)44(84)21-35)123-52-13-9-38(25-46(52)86)67(109)65-78(118)96-63(79(119)99-90-16-19-101)42-28-40(103)29-50(105)60(42)41-23-36(7-11-49(41)104)61(75(115)98-65)95-76(116)62(39)94-74(114)48(30-56(87)106)91-77(64)117/h6-14,17,21,23-29,33-34,47-48,55,59,61-69,71-72,80,88-90,101-105,108-112H,15-16,18-20,22,30-32H2,1-5H3,(H2,87,106)(H,91,117)(H,94,114)(H,95,116)(H,96,118)(H,97,113)(H,98,115)(H,99,119)(H,92,93,107,120)/t34-,47+,48-,55+,59-,61+,62+,63+,64+,65-,66+,67+,68+,69-,71+,72+,80-,82-/m0/s1. The molecule has 7 aliphatic rings. The van der Waals surface area contributed by atoms with E-state index >= 15 is 24.0 Å². The lowest BCUT2D eigenvalue weighted by Crippen LogP contribution is -2.65. The molecule has 0 unspecified atom stereocenters. The van der Waals surface area contributed by atoms with Gasteiger partial charge < -0.3 is 133 Å². The molecule has 7 aliphatic heterocycles. The second-order valence-corrected chi connectivity index (χ2v) is 32.7. The summed E-state index contributed by atoms with van der Waals surface area (Å²) in [5.41, 5.74) is 6.15. The molecule has 0 radical (unpaired) electrons. The fourth-order valence-electron chi connectivity index (χ4n) is 15.1. The van der Waals surface area contributed by atoms with Crippen LogP contribution >= 0.6 is 46.4 Å². The highest BCUT2D eigenvalue weighted by molar-refractivity contribution is 6.42. The molecule has 14 rings (SSSR count). The van der Waals surface area contributed by atoms with E-state index in [-0.39, 0.29) is 78.1 Å². The number of amides is 9. The monoisotopic (exact) mass is 1830 g/mol. The molecular weight excluding hydrogens is 1740 g/mol. The molecule has 8 heterocycles. The van der Waals surface area contributed by atoms with Crippen LogP contribution in [0.5, 0.6) is 46.0 Å². The Morgan fingerprint density at radius 1 is 0.690 bits per heavy atom. The number of carbonyl (C=O) groups excluding carboxylic acids is 9. The number of hydrogen-bond donors (Lipinski definition) is 22. The van der Waals surface area contributed by atoms with E-state index in [4.69, 9.17) is 80.6 Å². The average Bonchev–Trinajstić information content (AvgIpc) is 0.765. The van der Waals surface area contributed by atoms with E-state index in [1.54, 1.807) is 13.0 Å². The van der Waals surface area contributed by atoms with Gasteiger partial charge in [0.05, 0.1) is 64.4 Å². The fraction of sp³-hybridized carbons (Fsp3) is 0.402. The van der Waals surface area contributed by atoms with Crippen molar-refractivity contribution in [3.05, 3.63) is 173 Å². The third kappa shape index (κ3) is 21.4. The summed E-state index contributed by atoms with van der Waals surface area (Å²) in [7, 11) is 1.46. The summed E-state index contributed by atoms with van der Waals surface area (Å²) < 4.78 is 40.6. The number of nitrogens with one attached hydrogen (secondary N) is 11. The van der Waals surface area contributed by atoms with Gasteiger partial charge in [0.2, 0.25) is 59.3 Å². The molecule has 2 saturated heterocycles. The first kappa shape index (κ1) is 94.0. The van der Waals surface area contributed by atoms with Gasteiger partial charge in [-0.05, 0) is 139 Å². The summed E-state index contributed by atoms with van der Waals surface area (Å²) >= 11 is 26.5. The number of nitrogens with zero attached hydrogens (tertiary/aromatic N) is 2. The normalized spacial score (nSPS) is 25.8. The van der Waals surface area contributed by atoms with Crippen LogP contribution in [0.1, 0.15) is 111 Å². The van der Waals surface area contributed by atoms with Crippen molar-refractivity contribution in [3.8, 4) is 57.1 Å². The number of nitrogens with two attached hydrogens (primary N) is 1. The Hall–Kier alpha value is -11.1. The molecule has 7 aromatic rings. The number of likely N-dealkylation sites (N-methyl/N-ethyl adjacent to an activating group) is 1. The molecule has 674 valence electrons. The van der Waals surface area contributed by atoms with Gasteiger partial charge in [0.1, 0.15) is 101 Å². The first-order valence-electron chi connectivity index (χ1n) is 39.5. The van der Waals surface area contributed by atoms with Crippen molar-refractivity contribution in [2.45, 2.75) is 169 Å². The zero-order chi connectivity index (χ0) is 91.2. The third-order valence-corrected chi connectivity index (χ3v) is 22.9. The molecule has 18 atom stereocenters. The van der Waals surface area contributed by atoms with Crippen LogP contribution in [-0.2, 0) is 70.3 Å². The van der Waals surface area contributed by atoms with Gasteiger partial charge >= 0.3 is 5.69 Å². The summed E-state index contributed by atoms with van der Waals surface area (Å²) in [6.45, 7) is 4.76. The van der Waals surface area contributed by atoms with Crippen LogP contribution in [0, 0.1) is 5.92 Å². The SMILES string of the molecule is CN[C@H](CC(C)C)C(=O)N[C@H]1C(=O)N[C@@H](CC(N)=O)C(=O)N[C@H]2C(=O)N[C@H]3C(=O)N[C@H](C(=O)N[C@@H](C(=O)NNCCO)c4cc(O)cc(O)c4-c4cc3ccc4O)[C@H](O)c3ccc(c(Cl)c3)Oc3cc2cc(c3O[C@@H]2O[C@H](CO)[C@@H](O)[C@H](O)[C@H]2O[C@H]2C[C@](C)(NCCn3ccc(NC(=O)Cc4ccc(Cl)c(Cl)c4)nc3=O)[C@H](O)[C@H](C)O2)Oc2ccc(cc2Cl)[C@H]1O. The van der Waals surface area contributed by atoms with Crippen LogP contribution < -0.4 is 84.3 Å². The molecule has 23 N–H and O–H groups in total. The zero-order valence-electron chi connectivity index (χ0n) is 67.6. The molecule has 40 nitrogen and oxygen atoms in total. The Morgan fingerprint density at radius 2 is 1.35 bits per heavy atom. The number of phenolic OH excluding ortho intramolecular Hbond substituents is 3. The van der Waals surface area contributed by atoms with Crippen molar-refractivity contribution in [3.63, 3.8) is 0 Å². The number of aromatic nitrogens is 2. The van der Waals surface area contributed by atoms with Gasteiger partial charge in [-0.15, -0.1) is 0 Å². The lowest BCUT2D eigenvalue weighted by molar-refractivity contribution is -0.334. The van der Waals surface area contributed by atoms with Crippen LogP contribution in [0.4, 0.5) is 5.82 Å². The zero-order valence-corrected chi connectivity index (χ0v) is 70.7. The minimum absolute atomic E-state index is 0.0433. The molecule has 11 bridgehead atoms. The number of fused-ring (bicyclic) bond motifs is 15. The van der Waals surface area contributed by atoms with E-state index in [9.17, 15) is 75.0 Å². The number of primary amides is 1. The summed E-state index contributed by atoms with van der Waals surface area (Å²) in [5, 5.41) is 140. The number of aliphatic hydroxyl groups is 7. The van der Waals surface area contributed by atoms with E-state index in [2.05, 4.69) is 63.7 Å². The number of hydrogen-bond acceptors (Lipinski definition) is 30. The van der Waals surface area contributed by atoms with E-state index in [1.165, 1.54) is 55.1 Å². The number of aromatic hydroxyl groups is 3. The second-order valence-electron chi connectivity index (χ2n) is 31.1. The average molecular weight is 1830 g/mol. The van der Waals surface area contributed by atoms with Crippen LogP contribution in [0.3, 0.4) is 0 Å². The maximum atomic E-state index is 16.3. The van der Waals surface area contributed by atoms with Gasteiger partial charge in [-0.2, -0.15) is 4.98 Å². The molecule has 44 heteroatoms. The number of hydrazine groups is 1. The quantitative estimate of drug-likeness (QED) is 0.0314. The fourth-order valence-corrected chi connectivity index (χ4v) is 15.9. The number of phenols is 3. The van der Waals surface area contributed by atoms with Crippen LogP contribution in [0.15, 0.2) is 114 Å². The lowest BCUT2D eigenvalue weighted by Gasteiger charge is -2.48. The largest absolute Gasteiger partial charge is 0.508 e. The van der Waals surface area contributed by atoms with Gasteiger partial charge in [0.25, 0.3) is 5.91 Å². The van der Waals surface area contributed by atoms with E-state index in [1.807, 2.05) is 13.8 Å². The number of aliphatic hydroxyl groups excluding tert-OH is 7. The molecule has 126 heavy (non-hydrogen) atoms. The minimum Gasteiger partial charge on any atom is -0.508 e. The maximum Gasteiger partial charge on any atom is 0.349 e. The van der Waals surface area contributed by atoms with Gasteiger partial charge in [-0.3, -0.25) is 53.1 Å². The molecule has 6 aromatic carbocycles. The highest BCUT2D eigenvalue weighted by Gasteiger charge is 2.52. The molecule has 1 aromatic heterocycles. The van der Waals surface area contributed by atoms with Crippen molar-refractivity contribution in [2.24, 2.45) is 11.7 Å². The number of anilines is 1. The Balaban J connectivity index is 0.998. The highest BCUT2D eigenvalue weighted by atomic mass is 35.5. The number of carbonyl (C=O) groups is 9. The van der Waals surface area contributed by atoms with Gasteiger partial charge in [-0.1, -0.05) is 84.5 Å². The van der Waals surface area contributed by atoms with Crippen LogP contribution in [0.25, 0.3) is 11.1 Å². The summed E-state index contributed by atoms with van der Waals surface area (Å²) in [6, 6.07) is 5.46. The third-order valence-electron chi connectivity index (χ3n) is 21.6. The Labute approximate surface area is 737 Å². The van der Waals surface area contributed by atoms with E-state index < -0.39 is 260 Å². The second kappa shape index (κ2) is 40.2. The summed E-state index contributed by atoms with van der Waals surface area (Å²) in [5.74, 6) is -16.2. The molecule has 2 fully saturated rings. The Bertz CT molecular complexity index is 5390. The number of rotatable bonds is 23. The molecule has 0 saturated carbocycles. The van der Waals surface area contributed by atoms with Crippen molar-refractivity contribution in [1.29, 1.82) is 0 Å². The van der Waals surface area contributed by atoms with Crippen molar-refractivity contribution >= 4 is 105 Å². The van der Waals surface area contributed by atoms with Crippen molar-refractivity contribution < 1.29 is 123 Å². The van der Waals surface area contributed by atoms with E-state index in [0.29, 0.717) is 10.6 Å². The topological polar surface area (TPSA) is 605 Å². The Morgan fingerprint density at radius 3 is 1.98 bits per heavy atom. The predicted molar refractivity (Wildman–Crippen MR) is 446 cm³/mol.